The Morgan fingerprint density at radius 2 is 2.27 bits per heavy atom. The maximum Gasteiger partial charge on any atom is 0.0797 e. The molecule has 0 radical (unpaired) electrons. The van der Waals surface area contributed by atoms with Crippen molar-refractivity contribution in [3.63, 3.8) is 0 Å². The quantitative estimate of drug-likeness (QED) is 0.727. The van der Waals surface area contributed by atoms with Gasteiger partial charge in [0.25, 0.3) is 0 Å². The Kier molecular flexibility index (Phi) is 4.70. The van der Waals surface area contributed by atoms with Crippen molar-refractivity contribution in [3.8, 4) is 0 Å². The second kappa shape index (κ2) is 5.58. The summed E-state index contributed by atoms with van der Waals surface area (Å²) in [5, 5.41) is 12.4. The van der Waals surface area contributed by atoms with Crippen LogP contribution in [-0.2, 0) is 6.42 Å². The lowest BCUT2D eigenvalue weighted by Crippen LogP contribution is -2.33. The Morgan fingerprint density at radius 1 is 1.53 bits per heavy atom. The molecule has 0 aromatic carbocycles. The van der Waals surface area contributed by atoms with Crippen LogP contribution in [0.25, 0.3) is 0 Å². The number of hydrogen-bond donors (Lipinski definition) is 2. The minimum Gasteiger partial charge on any atom is -0.396 e. The largest absolute Gasteiger partial charge is 0.396 e. The number of aliphatic hydroxyl groups excluding tert-OH is 1. The van der Waals surface area contributed by atoms with Crippen LogP contribution in [0.5, 0.6) is 0 Å². The van der Waals surface area contributed by atoms with Gasteiger partial charge in [-0.2, -0.15) is 0 Å². The van der Waals surface area contributed by atoms with Crippen LogP contribution < -0.4 is 5.32 Å². The van der Waals surface area contributed by atoms with Crippen molar-refractivity contribution < 1.29 is 5.11 Å². The Morgan fingerprint density at radius 3 is 2.80 bits per heavy atom. The summed E-state index contributed by atoms with van der Waals surface area (Å²) in [5.74, 6) is 0. The SMILES string of the molecule is Cc1ncsc1CCNCC(C)(C)CO. The molecule has 86 valence electrons. The van der Waals surface area contributed by atoms with E-state index in [1.807, 2.05) is 12.4 Å². The molecule has 4 heteroatoms. The molecule has 0 aliphatic rings. The number of hydrogen-bond acceptors (Lipinski definition) is 4. The molecule has 1 aromatic rings. The molecule has 0 spiro atoms. The second-order valence-corrected chi connectivity index (χ2v) is 5.55. The van der Waals surface area contributed by atoms with Crippen LogP contribution in [0.1, 0.15) is 24.4 Å². The number of nitrogens with one attached hydrogen (secondary N) is 1. The van der Waals surface area contributed by atoms with Crippen molar-refractivity contribution >= 4 is 11.3 Å². The van der Waals surface area contributed by atoms with Gasteiger partial charge in [0.2, 0.25) is 0 Å². The highest BCUT2D eigenvalue weighted by atomic mass is 32.1. The number of aromatic nitrogens is 1. The minimum absolute atomic E-state index is 0.0251. The molecule has 0 saturated heterocycles. The van der Waals surface area contributed by atoms with Crippen molar-refractivity contribution in [1.29, 1.82) is 0 Å². The molecule has 0 amide bonds. The van der Waals surface area contributed by atoms with Crippen molar-refractivity contribution in [2.75, 3.05) is 19.7 Å². The second-order valence-electron chi connectivity index (χ2n) is 4.61. The van der Waals surface area contributed by atoms with Crippen molar-refractivity contribution in [1.82, 2.24) is 10.3 Å². The van der Waals surface area contributed by atoms with Crippen LogP contribution >= 0.6 is 11.3 Å². The minimum atomic E-state index is -0.0251. The molecule has 1 heterocycles. The van der Waals surface area contributed by atoms with Gasteiger partial charge in [0, 0.05) is 30.0 Å². The molecule has 15 heavy (non-hydrogen) atoms. The van der Waals surface area contributed by atoms with Gasteiger partial charge in [0.05, 0.1) is 11.2 Å². The molecule has 1 aromatic heterocycles. The first-order valence-corrected chi connectivity index (χ1v) is 6.14. The summed E-state index contributed by atoms with van der Waals surface area (Å²) < 4.78 is 0. The molecular formula is C11H20N2OS. The van der Waals surface area contributed by atoms with Gasteiger partial charge in [-0.15, -0.1) is 11.3 Å². The molecule has 0 unspecified atom stereocenters. The van der Waals surface area contributed by atoms with Gasteiger partial charge >= 0.3 is 0 Å². The first-order chi connectivity index (χ1) is 7.05. The van der Waals surface area contributed by atoms with E-state index in [0.29, 0.717) is 0 Å². The maximum atomic E-state index is 9.07. The first kappa shape index (κ1) is 12.6. The topological polar surface area (TPSA) is 45.2 Å². The zero-order valence-corrected chi connectivity index (χ0v) is 10.5. The molecule has 0 saturated carbocycles. The van der Waals surface area contributed by atoms with Crippen LogP contribution in [0.15, 0.2) is 5.51 Å². The van der Waals surface area contributed by atoms with E-state index in [0.717, 1.165) is 25.2 Å². The third-order valence-electron chi connectivity index (χ3n) is 2.41. The fourth-order valence-corrected chi connectivity index (χ4v) is 2.03. The highest BCUT2D eigenvalue weighted by Gasteiger charge is 2.15. The van der Waals surface area contributed by atoms with Gasteiger partial charge in [0.1, 0.15) is 0 Å². The zero-order valence-electron chi connectivity index (χ0n) is 9.71. The summed E-state index contributed by atoms with van der Waals surface area (Å²) in [6.45, 7) is 8.17. The zero-order chi connectivity index (χ0) is 11.3. The standard InChI is InChI=1S/C11H20N2OS/c1-9-10(15-8-13-9)4-5-12-6-11(2,3)7-14/h8,12,14H,4-7H2,1-3H3. The van der Waals surface area contributed by atoms with Gasteiger partial charge in [0.15, 0.2) is 0 Å². The monoisotopic (exact) mass is 228 g/mol. The summed E-state index contributed by atoms with van der Waals surface area (Å²) in [6, 6.07) is 0. The Balaban J connectivity index is 2.20. The van der Waals surface area contributed by atoms with E-state index in [2.05, 4.69) is 24.1 Å². The number of thiazole rings is 1. The lowest BCUT2D eigenvalue weighted by atomic mass is 9.95. The van der Waals surface area contributed by atoms with Gasteiger partial charge < -0.3 is 10.4 Å². The van der Waals surface area contributed by atoms with Gasteiger partial charge in [-0.05, 0) is 13.3 Å². The van der Waals surface area contributed by atoms with Crippen LogP contribution in [0.4, 0.5) is 0 Å². The van der Waals surface area contributed by atoms with E-state index in [1.54, 1.807) is 11.3 Å². The molecule has 0 aliphatic heterocycles. The summed E-state index contributed by atoms with van der Waals surface area (Å²) in [4.78, 5) is 5.56. The molecule has 0 aliphatic carbocycles. The third-order valence-corrected chi connectivity index (χ3v) is 3.40. The number of nitrogens with zero attached hydrogens (tertiary/aromatic N) is 1. The van der Waals surface area contributed by atoms with Crippen molar-refractivity contribution in [2.45, 2.75) is 27.2 Å². The molecule has 0 atom stereocenters. The normalized spacial score (nSPS) is 12.0. The van der Waals surface area contributed by atoms with Crippen molar-refractivity contribution in [3.05, 3.63) is 16.1 Å². The average molecular weight is 228 g/mol. The molecular weight excluding hydrogens is 208 g/mol. The van der Waals surface area contributed by atoms with E-state index in [-0.39, 0.29) is 12.0 Å². The van der Waals surface area contributed by atoms with Crippen LogP contribution in [0.3, 0.4) is 0 Å². The van der Waals surface area contributed by atoms with E-state index < -0.39 is 0 Å². The Labute approximate surface area is 95.6 Å². The average Bonchev–Trinajstić information content (AvgIpc) is 2.59. The van der Waals surface area contributed by atoms with Gasteiger partial charge in [-0.1, -0.05) is 13.8 Å². The van der Waals surface area contributed by atoms with Gasteiger partial charge in [-0.3, -0.25) is 0 Å². The van der Waals surface area contributed by atoms with Crippen LogP contribution in [0, 0.1) is 12.3 Å². The number of rotatable bonds is 6. The summed E-state index contributed by atoms with van der Waals surface area (Å²) in [7, 11) is 0. The van der Waals surface area contributed by atoms with E-state index in [9.17, 15) is 0 Å². The molecule has 2 N–H and O–H groups in total. The molecule has 0 fully saturated rings. The molecule has 3 nitrogen and oxygen atoms in total. The van der Waals surface area contributed by atoms with Crippen LogP contribution in [-0.4, -0.2) is 29.8 Å². The summed E-state index contributed by atoms with van der Waals surface area (Å²) in [6.07, 6.45) is 1.03. The number of aliphatic hydroxyl groups is 1. The number of aryl methyl sites for hydroxylation is 1. The lowest BCUT2D eigenvalue weighted by Gasteiger charge is -2.21. The Hall–Kier alpha value is -0.450. The fourth-order valence-electron chi connectivity index (χ4n) is 1.25. The van der Waals surface area contributed by atoms with Crippen LogP contribution in [0.2, 0.25) is 0 Å². The van der Waals surface area contributed by atoms with Gasteiger partial charge in [-0.25, -0.2) is 4.98 Å². The Bertz CT molecular complexity index is 297. The molecule has 0 bridgehead atoms. The highest BCUT2D eigenvalue weighted by molar-refractivity contribution is 7.09. The fraction of sp³-hybridized carbons (Fsp3) is 0.727. The van der Waals surface area contributed by atoms with E-state index >= 15 is 0 Å². The maximum absolute atomic E-state index is 9.07. The van der Waals surface area contributed by atoms with E-state index in [1.165, 1.54) is 4.88 Å². The predicted molar refractivity (Wildman–Crippen MR) is 64.3 cm³/mol. The lowest BCUT2D eigenvalue weighted by molar-refractivity contribution is 0.157. The summed E-state index contributed by atoms with van der Waals surface area (Å²) in [5.41, 5.74) is 3.01. The summed E-state index contributed by atoms with van der Waals surface area (Å²) >= 11 is 1.71. The first-order valence-electron chi connectivity index (χ1n) is 5.26. The van der Waals surface area contributed by atoms with Crippen molar-refractivity contribution in [2.24, 2.45) is 5.41 Å². The predicted octanol–water partition coefficient (Wildman–Crippen LogP) is 1.60. The third kappa shape index (κ3) is 4.28. The molecule has 1 rings (SSSR count). The highest BCUT2D eigenvalue weighted by Crippen LogP contribution is 2.13. The van der Waals surface area contributed by atoms with E-state index in [4.69, 9.17) is 5.11 Å². The smallest absolute Gasteiger partial charge is 0.0797 e.